The van der Waals surface area contributed by atoms with Gasteiger partial charge in [-0.3, -0.25) is 14.5 Å². The molecule has 158 valence electrons. The number of hydrogen-bond donors (Lipinski definition) is 1. The number of carbonyl (C=O) groups excluding carboxylic acids is 3. The van der Waals surface area contributed by atoms with E-state index >= 15 is 0 Å². The van der Waals surface area contributed by atoms with Crippen molar-refractivity contribution in [2.24, 2.45) is 0 Å². The minimum Gasteiger partial charge on any atom is -0.465 e. The molecule has 8 nitrogen and oxygen atoms in total. The van der Waals surface area contributed by atoms with Gasteiger partial charge >= 0.3 is 5.97 Å². The summed E-state index contributed by atoms with van der Waals surface area (Å²) in [6, 6.07) is 10.1. The molecule has 0 spiro atoms. The molecule has 2 heterocycles. The molecular formula is C22H17BrN2O6. The van der Waals surface area contributed by atoms with E-state index in [2.05, 4.69) is 15.9 Å². The molecule has 1 aromatic carbocycles. The van der Waals surface area contributed by atoms with Crippen LogP contribution in [0.4, 0.5) is 0 Å². The lowest BCUT2D eigenvalue weighted by Gasteiger charge is -2.26. The number of carbonyl (C=O) groups is 3. The number of nitriles is 1. The molecule has 1 aliphatic rings. The fourth-order valence-corrected chi connectivity index (χ4v) is 3.52. The Labute approximate surface area is 186 Å². The zero-order valence-electron chi connectivity index (χ0n) is 16.6. The van der Waals surface area contributed by atoms with Gasteiger partial charge in [-0.05, 0) is 48.9 Å². The summed E-state index contributed by atoms with van der Waals surface area (Å²) in [7, 11) is 1.28. The molecule has 9 heteroatoms. The highest BCUT2D eigenvalue weighted by molar-refractivity contribution is 9.10. The third-order valence-corrected chi connectivity index (χ3v) is 5.21. The minimum atomic E-state index is -0.742. The second kappa shape index (κ2) is 9.12. The first kappa shape index (κ1) is 22.2. The highest BCUT2D eigenvalue weighted by Crippen LogP contribution is 2.31. The molecule has 0 aliphatic carbocycles. The van der Waals surface area contributed by atoms with E-state index in [1.807, 2.05) is 6.07 Å². The lowest BCUT2D eigenvalue weighted by atomic mass is 9.95. The molecular weight excluding hydrogens is 468 g/mol. The molecule has 0 fully saturated rings. The van der Waals surface area contributed by atoms with Gasteiger partial charge in [-0.25, -0.2) is 4.79 Å². The maximum absolute atomic E-state index is 12.8. The van der Waals surface area contributed by atoms with Crippen LogP contribution in [0.2, 0.25) is 0 Å². The fraction of sp³-hybridized carbons (Fsp3) is 0.182. The maximum atomic E-state index is 12.8. The molecule has 0 atom stereocenters. The number of rotatable bonds is 5. The molecule has 31 heavy (non-hydrogen) atoms. The van der Waals surface area contributed by atoms with Gasteiger partial charge in [0.25, 0.3) is 11.8 Å². The lowest BCUT2D eigenvalue weighted by molar-refractivity contribution is -0.141. The number of aliphatic hydroxyl groups excluding tert-OH is 1. The Kier molecular flexibility index (Phi) is 6.53. The average molecular weight is 485 g/mol. The number of aliphatic hydroxyl groups is 1. The Hall–Kier alpha value is -3.48. The molecule has 0 radical (unpaired) electrons. The smallest absolute Gasteiger partial charge is 0.338 e. The topological polar surface area (TPSA) is 121 Å². The normalized spacial score (nSPS) is 15.5. The summed E-state index contributed by atoms with van der Waals surface area (Å²) in [5.74, 6) is -1.26. The van der Waals surface area contributed by atoms with Crippen molar-refractivity contribution < 1.29 is 28.6 Å². The van der Waals surface area contributed by atoms with Crippen LogP contribution in [0.25, 0.3) is 17.4 Å². The largest absolute Gasteiger partial charge is 0.465 e. The standard InChI is InChI=1S/C22H17BrN2O6/c1-12-16(20(27)25(7-8-26)21(28)18(12)11-24)10-14-4-6-19(31-14)15-5-3-13(23)9-17(15)22(29)30-2/h3-6,9-10,26H,7-8H2,1-2H3/b16-10+. The van der Waals surface area contributed by atoms with Crippen molar-refractivity contribution in [2.75, 3.05) is 20.3 Å². The molecule has 3 rings (SSSR count). The maximum Gasteiger partial charge on any atom is 0.338 e. The summed E-state index contributed by atoms with van der Waals surface area (Å²) in [6.45, 7) is 0.857. The van der Waals surface area contributed by atoms with E-state index in [1.165, 1.54) is 20.1 Å². The second-order valence-electron chi connectivity index (χ2n) is 6.54. The van der Waals surface area contributed by atoms with Crippen LogP contribution < -0.4 is 0 Å². The van der Waals surface area contributed by atoms with Gasteiger partial charge in [0.1, 0.15) is 23.2 Å². The third kappa shape index (κ3) is 4.21. The van der Waals surface area contributed by atoms with Crippen molar-refractivity contribution >= 4 is 39.8 Å². The van der Waals surface area contributed by atoms with Gasteiger partial charge in [0.2, 0.25) is 0 Å². The van der Waals surface area contributed by atoms with Crippen LogP contribution in [0.15, 0.2) is 55.9 Å². The van der Waals surface area contributed by atoms with Crippen LogP contribution in [0.5, 0.6) is 0 Å². The molecule has 0 unspecified atom stereocenters. The van der Waals surface area contributed by atoms with Crippen molar-refractivity contribution in [3.05, 3.63) is 62.8 Å². The summed E-state index contributed by atoms with van der Waals surface area (Å²) in [6.07, 6.45) is 1.42. The van der Waals surface area contributed by atoms with Gasteiger partial charge in [-0.1, -0.05) is 15.9 Å². The molecule has 0 saturated carbocycles. The van der Waals surface area contributed by atoms with E-state index in [0.717, 1.165) is 4.90 Å². The van der Waals surface area contributed by atoms with Gasteiger partial charge < -0.3 is 14.3 Å². The summed E-state index contributed by atoms with van der Waals surface area (Å²) >= 11 is 3.32. The quantitative estimate of drug-likeness (QED) is 0.393. The Balaban J connectivity index is 2.07. The van der Waals surface area contributed by atoms with Gasteiger partial charge in [0.15, 0.2) is 0 Å². The lowest BCUT2D eigenvalue weighted by Crippen LogP contribution is -2.44. The van der Waals surface area contributed by atoms with Crippen molar-refractivity contribution in [1.82, 2.24) is 4.90 Å². The number of imide groups is 1. The van der Waals surface area contributed by atoms with Crippen molar-refractivity contribution in [3.63, 3.8) is 0 Å². The van der Waals surface area contributed by atoms with Gasteiger partial charge in [-0.15, -0.1) is 0 Å². The minimum absolute atomic E-state index is 0.106. The van der Waals surface area contributed by atoms with E-state index in [9.17, 15) is 24.8 Å². The van der Waals surface area contributed by atoms with Gasteiger partial charge in [0.05, 0.1) is 25.8 Å². The molecule has 1 N–H and O–H groups in total. The number of halogens is 1. The molecule has 1 aliphatic heterocycles. The van der Waals surface area contributed by atoms with Gasteiger partial charge in [0, 0.05) is 15.6 Å². The fourth-order valence-electron chi connectivity index (χ4n) is 3.16. The highest BCUT2D eigenvalue weighted by Gasteiger charge is 2.35. The summed E-state index contributed by atoms with van der Waals surface area (Å²) in [4.78, 5) is 38.1. The van der Waals surface area contributed by atoms with Crippen LogP contribution >= 0.6 is 15.9 Å². The Morgan fingerprint density at radius 1 is 1.29 bits per heavy atom. The van der Waals surface area contributed by atoms with E-state index in [-0.39, 0.29) is 29.0 Å². The first-order valence-electron chi connectivity index (χ1n) is 9.10. The number of methoxy groups -OCH3 is 1. The van der Waals surface area contributed by atoms with Crippen molar-refractivity contribution in [2.45, 2.75) is 6.92 Å². The number of furan rings is 1. The van der Waals surface area contributed by atoms with E-state index < -0.39 is 24.4 Å². The predicted molar refractivity (Wildman–Crippen MR) is 113 cm³/mol. The number of nitrogens with zero attached hydrogens (tertiary/aromatic N) is 2. The molecule has 2 aromatic rings. The van der Waals surface area contributed by atoms with Crippen LogP contribution in [0.3, 0.4) is 0 Å². The van der Waals surface area contributed by atoms with Gasteiger partial charge in [-0.2, -0.15) is 5.26 Å². The van der Waals surface area contributed by atoms with Crippen LogP contribution in [-0.4, -0.2) is 48.1 Å². The first-order valence-corrected chi connectivity index (χ1v) is 9.89. The number of esters is 1. The van der Waals surface area contributed by atoms with Crippen LogP contribution in [0.1, 0.15) is 23.0 Å². The number of ether oxygens (including phenoxy) is 1. The molecule has 1 aromatic heterocycles. The number of benzene rings is 1. The summed E-state index contributed by atoms with van der Waals surface area (Å²) in [5.41, 5.74) is 0.948. The van der Waals surface area contributed by atoms with Crippen LogP contribution in [0, 0.1) is 11.3 Å². The highest BCUT2D eigenvalue weighted by atomic mass is 79.9. The van der Waals surface area contributed by atoms with E-state index in [4.69, 9.17) is 9.15 Å². The number of hydrogen-bond acceptors (Lipinski definition) is 7. The van der Waals surface area contributed by atoms with Crippen molar-refractivity contribution in [1.29, 1.82) is 5.26 Å². The second-order valence-corrected chi connectivity index (χ2v) is 7.45. The summed E-state index contributed by atoms with van der Waals surface area (Å²) < 4.78 is 11.3. The van der Waals surface area contributed by atoms with Crippen molar-refractivity contribution in [3.8, 4) is 17.4 Å². The Bertz CT molecular complexity index is 1180. The molecule has 0 bridgehead atoms. The number of β-amino-alcohol motifs (C(OH)–C–C–N with tert-alkyl or cyclic N) is 1. The van der Waals surface area contributed by atoms with E-state index in [1.54, 1.807) is 30.3 Å². The third-order valence-electron chi connectivity index (χ3n) is 4.71. The monoisotopic (exact) mass is 484 g/mol. The number of amides is 2. The predicted octanol–water partition coefficient (Wildman–Crippen LogP) is 3.08. The van der Waals surface area contributed by atoms with E-state index in [0.29, 0.717) is 21.4 Å². The molecule has 0 saturated heterocycles. The SMILES string of the molecule is COC(=O)c1cc(Br)ccc1-c1ccc(/C=C2/C(=O)N(CCO)C(=O)C(C#N)=C2C)o1. The first-order chi connectivity index (χ1) is 14.8. The zero-order valence-corrected chi connectivity index (χ0v) is 18.2. The Morgan fingerprint density at radius 2 is 2.03 bits per heavy atom. The molecule has 2 amide bonds. The van der Waals surface area contributed by atoms with Crippen LogP contribution in [-0.2, 0) is 14.3 Å². The average Bonchev–Trinajstić information content (AvgIpc) is 3.22. The zero-order chi connectivity index (χ0) is 22.7. The summed E-state index contributed by atoms with van der Waals surface area (Å²) in [5, 5.41) is 18.5. The Morgan fingerprint density at radius 3 is 2.68 bits per heavy atom.